The summed E-state index contributed by atoms with van der Waals surface area (Å²) in [6, 6.07) is 0. The third kappa shape index (κ3) is 3.41. The van der Waals surface area contributed by atoms with Crippen LogP contribution in [0.3, 0.4) is 0 Å². The third-order valence-corrected chi connectivity index (χ3v) is 4.12. The third-order valence-electron chi connectivity index (χ3n) is 4.12. The number of hydrogen-bond donors (Lipinski definition) is 0. The SMILES string of the molecule is CCn1ccnc1CC(=O)C1CCC(C(F)(F)F)CC1. The van der Waals surface area contributed by atoms with Crippen molar-refractivity contribution in [1.29, 1.82) is 0 Å². The molecule has 0 saturated heterocycles. The number of nitrogens with zero attached hydrogens (tertiary/aromatic N) is 2. The highest BCUT2D eigenvalue weighted by atomic mass is 19.4. The average Bonchev–Trinajstić information content (AvgIpc) is 2.85. The Morgan fingerprint density at radius 3 is 2.55 bits per heavy atom. The van der Waals surface area contributed by atoms with Crippen molar-refractivity contribution < 1.29 is 18.0 Å². The molecule has 0 amide bonds. The van der Waals surface area contributed by atoms with Crippen LogP contribution in [0.4, 0.5) is 13.2 Å². The van der Waals surface area contributed by atoms with Gasteiger partial charge in [-0.2, -0.15) is 13.2 Å². The second-order valence-electron chi connectivity index (χ2n) is 5.36. The molecule has 1 aromatic heterocycles. The Kier molecular flexibility index (Phi) is 4.50. The molecule has 1 aliphatic carbocycles. The molecular weight excluding hydrogens is 269 g/mol. The summed E-state index contributed by atoms with van der Waals surface area (Å²) in [5, 5.41) is 0. The van der Waals surface area contributed by atoms with Gasteiger partial charge < -0.3 is 4.57 Å². The molecular formula is C14H19F3N2O. The number of aryl methyl sites for hydroxylation is 1. The van der Waals surface area contributed by atoms with Gasteiger partial charge in [0.2, 0.25) is 0 Å². The van der Waals surface area contributed by atoms with Crippen molar-refractivity contribution in [2.24, 2.45) is 11.8 Å². The Bertz CT molecular complexity index is 459. The van der Waals surface area contributed by atoms with Crippen LogP contribution >= 0.6 is 0 Å². The summed E-state index contributed by atoms with van der Waals surface area (Å²) >= 11 is 0. The smallest absolute Gasteiger partial charge is 0.335 e. The summed E-state index contributed by atoms with van der Waals surface area (Å²) in [4.78, 5) is 16.3. The molecule has 20 heavy (non-hydrogen) atoms. The largest absolute Gasteiger partial charge is 0.391 e. The Morgan fingerprint density at radius 2 is 2.00 bits per heavy atom. The van der Waals surface area contributed by atoms with E-state index in [2.05, 4.69) is 4.98 Å². The summed E-state index contributed by atoms with van der Waals surface area (Å²) < 4.78 is 39.6. The predicted octanol–water partition coefficient (Wildman–Crippen LogP) is 3.38. The molecule has 1 fully saturated rings. The first-order valence-electron chi connectivity index (χ1n) is 7.01. The van der Waals surface area contributed by atoms with Crippen LogP contribution in [-0.4, -0.2) is 21.5 Å². The minimum Gasteiger partial charge on any atom is -0.335 e. The molecule has 3 nitrogen and oxygen atoms in total. The van der Waals surface area contributed by atoms with Crippen molar-refractivity contribution in [2.75, 3.05) is 0 Å². The molecule has 1 aliphatic rings. The van der Waals surface area contributed by atoms with Crippen LogP contribution in [0.2, 0.25) is 0 Å². The lowest BCUT2D eigenvalue weighted by Gasteiger charge is -2.29. The second-order valence-corrected chi connectivity index (χ2v) is 5.36. The zero-order valence-corrected chi connectivity index (χ0v) is 11.5. The van der Waals surface area contributed by atoms with Crippen LogP contribution in [0.15, 0.2) is 12.4 Å². The highest BCUT2D eigenvalue weighted by Crippen LogP contribution is 2.39. The van der Waals surface area contributed by atoms with E-state index in [1.54, 1.807) is 6.20 Å². The van der Waals surface area contributed by atoms with Gasteiger partial charge in [-0.15, -0.1) is 0 Å². The monoisotopic (exact) mass is 288 g/mol. The van der Waals surface area contributed by atoms with E-state index in [1.165, 1.54) is 0 Å². The zero-order chi connectivity index (χ0) is 14.8. The van der Waals surface area contributed by atoms with Gasteiger partial charge >= 0.3 is 6.18 Å². The lowest BCUT2D eigenvalue weighted by molar-refractivity contribution is -0.184. The highest BCUT2D eigenvalue weighted by Gasteiger charge is 2.42. The molecule has 0 bridgehead atoms. The Morgan fingerprint density at radius 1 is 1.35 bits per heavy atom. The van der Waals surface area contributed by atoms with E-state index in [0.29, 0.717) is 18.7 Å². The number of halogens is 3. The molecule has 1 saturated carbocycles. The fourth-order valence-corrected chi connectivity index (χ4v) is 2.84. The molecule has 0 N–H and O–H groups in total. The number of carbonyl (C=O) groups excluding carboxylic acids is 1. The summed E-state index contributed by atoms with van der Waals surface area (Å²) in [5.74, 6) is -0.748. The van der Waals surface area contributed by atoms with E-state index in [0.717, 1.165) is 6.54 Å². The van der Waals surface area contributed by atoms with Gasteiger partial charge in [0, 0.05) is 24.9 Å². The van der Waals surface area contributed by atoms with Crippen LogP contribution in [0.1, 0.15) is 38.4 Å². The summed E-state index contributed by atoms with van der Waals surface area (Å²) in [7, 11) is 0. The number of Topliss-reactive ketones (excluding diaryl/α,β-unsaturated/α-hetero) is 1. The van der Waals surface area contributed by atoms with E-state index in [1.807, 2.05) is 17.7 Å². The molecule has 1 heterocycles. The Balaban J connectivity index is 1.89. The fraction of sp³-hybridized carbons (Fsp3) is 0.714. The van der Waals surface area contributed by atoms with Crippen molar-refractivity contribution in [2.45, 2.75) is 51.7 Å². The maximum Gasteiger partial charge on any atom is 0.391 e. The van der Waals surface area contributed by atoms with Gasteiger partial charge in [0.25, 0.3) is 0 Å². The average molecular weight is 288 g/mol. The maximum absolute atomic E-state index is 12.6. The van der Waals surface area contributed by atoms with Crippen molar-refractivity contribution >= 4 is 5.78 Å². The Labute approximate surface area is 116 Å². The molecule has 0 aliphatic heterocycles. The molecule has 1 aromatic rings. The van der Waals surface area contributed by atoms with E-state index in [9.17, 15) is 18.0 Å². The quantitative estimate of drug-likeness (QED) is 0.851. The standard InChI is InChI=1S/C14H19F3N2O/c1-2-19-8-7-18-13(19)9-12(20)10-3-5-11(6-4-10)14(15,16)17/h7-8,10-11H,2-6,9H2,1H3. The van der Waals surface area contributed by atoms with E-state index >= 15 is 0 Å². The van der Waals surface area contributed by atoms with Gasteiger partial charge in [0.05, 0.1) is 12.3 Å². The van der Waals surface area contributed by atoms with Crippen molar-refractivity contribution in [3.63, 3.8) is 0 Å². The van der Waals surface area contributed by atoms with Gasteiger partial charge in [-0.1, -0.05) is 0 Å². The molecule has 0 aromatic carbocycles. The topological polar surface area (TPSA) is 34.9 Å². The van der Waals surface area contributed by atoms with Gasteiger partial charge in [0.15, 0.2) is 0 Å². The first kappa shape index (κ1) is 15.1. The molecule has 112 valence electrons. The van der Waals surface area contributed by atoms with Crippen LogP contribution in [-0.2, 0) is 17.8 Å². The number of imidazole rings is 1. The minimum absolute atomic E-state index is 0.0199. The van der Waals surface area contributed by atoms with Crippen molar-refractivity contribution in [3.8, 4) is 0 Å². The first-order chi connectivity index (χ1) is 9.41. The lowest BCUT2D eigenvalue weighted by Crippen LogP contribution is -2.31. The molecule has 2 rings (SSSR count). The summed E-state index contributed by atoms with van der Waals surface area (Å²) in [6.07, 6.45) is 0.389. The van der Waals surface area contributed by atoms with Gasteiger partial charge in [0.1, 0.15) is 11.6 Å². The molecule has 0 radical (unpaired) electrons. The number of hydrogen-bond acceptors (Lipinski definition) is 2. The van der Waals surface area contributed by atoms with Gasteiger partial charge in [-0.05, 0) is 32.6 Å². The van der Waals surface area contributed by atoms with Gasteiger partial charge in [-0.3, -0.25) is 4.79 Å². The first-order valence-corrected chi connectivity index (χ1v) is 7.01. The lowest BCUT2D eigenvalue weighted by atomic mass is 9.79. The minimum atomic E-state index is -4.12. The van der Waals surface area contributed by atoms with E-state index in [-0.39, 0.29) is 31.0 Å². The number of aromatic nitrogens is 2. The highest BCUT2D eigenvalue weighted by molar-refractivity contribution is 5.82. The van der Waals surface area contributed by atoms with E-state index < -0.39 is 12.1 Å². The van der Waals surface area contributed by atoms with Crippen LogP contribution in [0.25, 0.3) is 0 Å². The predicted molar refractivity (Wildman–Crippen MR) is 68.1 cm³/mol. The van der Waals surface area contributed by atoms with Gasteiger partial charge in [-0.25, -0.2) is 4.98 Å². The molecule has 0 atom stereocenters. The normalized spacial score (nSPS) is 23.8. The summed E-state index contributed by atoms with van der Waals surface area (Å²) in [6.45, 7) is 2.70. The van der Waals surface area contributed by atoms with Crippen LogP contribution < -0.4 is 0 Å². The number of rotatable bonds is 4. The molecule has 0 spiro atoms. The fourth-order valence-electron chi connectivity index (χ4n) is 2.84. The summed E-state index contributed by atoms with van der Waals surface area (Å²) in [5.41, 5.74) is 0. The van der Waals surface area contributed by atoms with Crippen molar-refractivity contribution in [1.82, 2.24) is 9.55 Å². The molecule has 0 unspecified atom stereocenters. The van der Waals surface area contributed by atoms with Crippen LogP contribution in [0, 0.1) is 11.8 Å². The van der Waals surface area contributed by atoms with E-state index in [4.69, 9.17) is 0 Å². The number of ketones is 1. The maximum atomic E-state index is 12.6. The van der Waals surface area contributed by atoms with Crippen molar-refractivity contribution in [3.05, 3.63) is 18.2 Å². The zero-order valence-electron chi connectivity index (χ0n) is 11.5. The number of alkyl halides is 3. The molecule has 6 heteroatoms. The van der Waals surface area contributed by atoms with Crippen LogP contribution in [0.5, 0.6) is 0 Å². The number of carbonyl (C=O) groups is 1. The Hall–Kier alpha value is -1.33. The second kappa shape index (κ2) is 5.97.